The van der Waals surface area contributed by atoms with E-state index in [1.807, 2.05) is 31.2 Å². The van der Waals surface area contributed by atoms with Crippen LogP contribution in [0.1, 0.15) is 38.7 Å². The van der Waals surface area contributed by atoms with Gasteiger partial charge in [-0.05, 0) is 91.8 Å². The van der Waals surface area contributed by atoms with Gasteiger partial charge in [0.2, 0.25) is 0 Å². The van der Waals surface area contributed by atoms with Gasteiger partial charge in [-0.1, -0.05) is 36.7 Å². The molecule has 0 spiro atoms. The molecule has 2 aromatic carbocycles. The smallest absolute Gasteiger partial charge is 0.193 e. The molecule has 45 heavy (non-hydrogen) atoms. The van der Waals surface area contributed by atoms with Gasteiger partial charge in [0.15, 0.2) is 22.8 Å². The lowest BCUT2D eigenvalue weighted by Crippen LogP contribution is -2.70. The van der Waals surface area contributed by atoms with Crippen molar-refractivity contribution in [1.82, 2.24) is 0 Å². The van der Waals surface area contributed by atoms with Crippen molar-refractivity contribution in [2.24, 2.45) is 28.6 Å². The number of carbonyl (C=O) groups is 2. The van der Waals surface area contributed by atoms with Crippen LogP contribution in [-0.2, 0) is 21.0 Å². The maximum atomic E-state index is 17.6. The zero-order valence-corrected chi connectivity index (χ0v) is 25.8. The van der Waals surface area contributed by atoms with Crippen molar-refractivity contribution >= 4 is 28.9 Å². The van der Waals surface area contributed by atoms with E-state index in [2.05, 4.69) is 0 Å². The number of Topliss-reactive ketones (excluding diaryl/α,β-unsaturated/α-hetero) is 1. The molecule has 1 saturated heterocycles. The first kappa shape index (κ1) is 30.5. The van der Waals surface area contributed by atoms with E-state index in [0.717, 1.165) is 5.56 Å². The number of fused-ring (bicyclic) bond motifs is 7. The van der Waals surface area contributed by atoms with E-state index in [9.17, 15) is 19.8 Å². The number of carbonyl (C=O) groups excluding carboxylic acids is 2. The maximum absolute atomic E-state index is 17.6. The molecule has 7 rings (SSSR count). The molecule has 238 valence electrons. The molecule has 0 bridgehead atoms. The molecule has 10 heteroatoms. The summed E-state index contributed by atoms with van der Waals surface area (Å²) in [4.78, 5) is 32.5. The van der Waals surface area contributed by atoms with Crippen molar-refractivity contribution in [3.8, 4) is 5.75 Å². The SMILES string of the molecule is C[C@]12C=CC(=O)C=C1[C@@H](F)C[C@H]1[C@@H]3C[C@H]4CN(c5ccc(COc6ccc(Cl)cc6)cc5)O[C@@]4(C(=O)CO)[C@@]3(C)C[C@H](O)[C@@]12F. The lowest BCUT2D eigenvalue weighted by molar-refractivity contribution is -0.228. The number of aliphatic hydroxyl groups is 2. The molecule has 0 aromatic heterocycles. The Morgan fingerprint density at radius 2 is 1.82 bits per heavy atom. The number of benzene rings is 2. The summed E-state index contributed by atoms with van der Waals surface area (Å²) >= 11 is 5.95. The summed E-state index contributed by atoms with van der Waals surface area (Å²) < 4.78 is 39.2. The van der Waals surface area contributed by atoms with Crippen LogP contribution in [0.15, 0.2) is 72.3 Å². The third-order valence-electron chi connectivity index (χ3n) is 11.6. The first-order valence-electron chi connectivity index (χ1n) is 15.4. The van der Waals surface area contributed by atoms with Crippen LogP contribution in [0.25, 0.3) is 0 Å². The summed E-state index contributed by atoms with van der Waals surface area (Å²) in [5, 5.41) is 24.1. The number of alkyl halides is 2. The van der Waals surface area contributed by atoms with E-state index >= 15 is 8.78 Å². The Balaban J connectivity index is 1.17. The molecule has 3 saturated carbocycles. The highest BCUT2D eigenvalue weighted by Crippen LogP contribution is 2.72. The van der Waals surface area contributed by atoms with Crippen LogP contribution in [-0.4, -0.2) is 58.5 Å². The molecular formula is C35H36ClF2NO6. The van der Waals surface area contributed by atoms with Gasteiger partial charge < -0.3 is 14.9 Å². The molecule has 9 atom stereocenters. The van der Waals surface area contributed by atoms with Crippen molar-refractivity contribution in [3.63, 3.8) is 0 Å². The molecule has 7 nitrogen and oxygen atoms in total. The number of nitrogens with zero attached hydrogens (tertiary/aromatic N) is 1. The van der Waals surface area contributed by atoms with Gasteiger partial charge in [0.25, 0.3) is 0 Å². The average molecular weight is 640 g/mol. The molecule has 2 N–H and O–H groups in total. The van der Waals surface area contributed by atoms with Gasteiger partial charge in [-0.15, -0.1) is 0 Å². The number of aliphatic hydroxyl groups excluding tert-OH is 2. The van der Waals surface area contributed by atoms with Gasteiger partial charge >= 0.3 is 0 Å². The fourth-order valence-electron chi connectivity index (χ4n) is 9.48. The number of ether oxygens (including phenoxy) is 1. The molecule has 5 aliphatic rings. The molecular weight excluding hydrogens is 604 g/mol. The van der Waals surface area contributed by atoms with Gasteiger partial charge in [-0.2, -0.15) is 0 Å². The van der Waals surface area contributed by atoms with E-state index in [-0.39, 0.29) is 18.4 Å². The van der Waals surface area contributed by atoms with E-state index < -0.39 is 70.3 Å². The third-order valence-corrected chi connectivity index (χ3v) is 11.9. The van der Waals surface area contributed by atoms with Crippen LogP contribution in [0.2, 0.25) is 5.02 Å². The first-order valence-corrected chi connectivity index (χ1v) is 15.8. The standard InChI is InChI=1S/C35H36ClF2NO6/c1-32-12-11-24(41)14-28(32)29(37)15-27-26-13-21-17-39(23-7-3-20(4-8-23)19-44-25-9-5-22(36)6-10-25)45-35(21,31(43)18-40)33(26,2)16-30(42)34(27,32)38/h3-12,14,21,26-27,29-30,40,42H,13,15-19H2,1-2H3/t21-,26-,27-,29-,30-,32-,33-,34-,35-/m0/s1. The topological polar surface area (TPSA) is 96.3 Å². The number of hydrogen-bond donors (Lipinski definition) is 2. The van der Waals surface area contributed by atoms with Crippen LogP contribution in [0.3, 0.4) is 0 Å². The van der Waals surface area contributed by atoms with E-state index in [0.29, 0.717) is 36.0 Å². The normalized spacial score (nSPS) is 39.9. The molecule has 1 heterocycles. The Hall–Kier alpha value is -3.11. The highest BCUT2D eigenvalue weighted by molar-refractivity contribution is 6.30. The predicted octanol–water partition coefficient (Wildman–Crippen LogP) is 5.52. The highest BCUT2D eigenvalue weighted by atomic mass is 35.5. The molecule has 0 radical (unpaired) electrons. The zero-order chi connectivity index (χ0) is 31.9. The minimum absolute atomic E-state index is 0.0557. The Kier molecular flexibility index (Phi) is 7.09. The van der Waals surface area contributed by atoms with Crippen LogP contribution in [0.5, 0.6) is 5.75 Å². The van der Waals surface area contributed by atoms with Crippen LogP contribution in [0, 0.1) is 28.6 Å². The number of rotatable bonds is 6. The second kappa shape index (κ2) is 10.5. The summed E-state index contributed by atoms with van der Waals surface area (Å²) in [5.41, 5.74) is -4.73. The second-order valence-corrected chi connectivity index (χ2v) is 14.1. The van der Waals surface area contributed by atoms with E-state index in [4.69, 9.17) is 21.2 Å². The minimum atomic E-state index is -2.26. The van der Waals surface area contributed by atoms with Crippen LogP contribution >= 0.6 is 11.6 Å². The number of ketones is 2. The second-order valence-electron chi connectivity index (χ2n) is 13.7. The van der Waals surface area contributed by atoms with E-state index in [1.165, 1.54) is 18.2 Å². The molecule has 2 aromatic rings. The predicted molar refractivity (Wildman–Crippen MR) is 163 cm³/mol. The number of hydrogen-bond acceptors (Lipinski definition) is 7. The fourth-order valence-corrected chi connectivity index (χ4v) is 9.60. The summed E-state index contributed by atoms with van der Waals surface area (Å²) in [6.07, 6.45) is 0.704. The third kappa shape index (κ3) is 4.16. The zero-order valence-electron chi connectivity index (χ0n) is 25.1. The van der Waals surface area contributed by atoms with E-state index in [1.54, 1.807) is 36.3 Å². The average Bonchev–Trinajstić information content (AvgIpc) is 3.52. The Bertz CT molecular complexity index is 1600. The van der Waals surface area contributed by atoms with Crippen molar-refractivity contribution in [3.05, 3.63) is 82.9 Å². The summed E-state index contributed by atoms with van der Waals surface area (Å²) in [6.45, 7) is 3.22. The lowest BCUT2D eigenvalue weighted by Gasteiger charge is -2.63. The molecule has 0 amide bonds. The quantitative estimate of drug-likeness (QED) is 0.430. The van der Waals surface area contributed by atoms with Crippen molar-refractivity contribution < 1.29 is 38.2 Å². The summed E-state index contributed by atoms with van der Waals surface area (Å²) in [6, 6.07) is 14.6. The minimum Gasteiger partial charge on any atom is -0.489 e. The number of halogens is 3. The van der Waals surface area contributed by atoms with Crippen molar-refractivity contribution in [1.29, 1.82) is 0 Å². The monoisotopic (exact) mass is 639 g/mol. The van der Waals surface area contributed by atoms with Crippen molar-refractivity contribution in [2.45, 2.75) is 63.3 Å². The van der Waals surface area contributed by atoms with Crippen LogP contribution < -0.4 is 9.80 Å². The molecule has 1 aliphatic heterocycles. The van der Waals surface area contributed by atoms with Gasteiger partial charge in [-0.3, -0.25) is 19.5 Å². The van der Waals surface area contributed by atoms with Crippen molar-refractivity contribution in [2.75, 3.05) is 18.2 Å². The van der Waals surface area contributed by atoms with Gasteiger partial charge in [0.1, 0.15) is 25.1 Å². The number of allylic oxidation sites excluding steroid dienone is 4. The number of hydroxylamine groups is 1. The Morgan fingerprint density at radius 1 is 1.11 bits per heavy atom. The summed E-state index contributed by atoms with van der Waals surface area (Å²) in [5.74, 6) is -2.13. The lowest BCUT2D eigenvalue weighted by atomic mass is 9.44. The number of anilines is 1. The summed E-state index contributed by atoms with van der Waals surface area (Å²) in [7, 11) is 0. The first-order chi connectivity index (χ1) is 21.4. The highest BCUT2D eigenvalue weighted by Gasteiger charge is 2.79. The maximum Gasteiger partial charge on any atom is 0.193 e. The van der Waals surface area contributed by atoms with Gasteiger partial charge in [0.05, 0.1) is 18.3 Å². The van der Waals surface area contributed by atoms with Gasteiger partial charge in [-0.25, -0.2) is 8.78 Å². The van der Waals surface area contributed by atoms with Crippen LogP contribution in [0.4, 0.5) is 14.5 Å². The van der Waals surface area contributed by atoms with Gasteiger partial charge in [0, 0.05) is 27.7 Å². The molecule has 4 fully saturated rings. The fraction of sp³-hybridized carbons (Fsp3) is 0.486. The Morgan fingerprint density at radius 3 is 2.51 bits per heavy atom. The molecule has 4 aliphatic carbocycles. The Labute approximate surface area is 265 Å². The molecule has 0 unspecified atom stereocenters. The largest absolute Gasteiger partial charge is 0.489 e.